The Kier molecular flexibility index (Phi) is 2.55. The molecule has 0 saturated carbocycles. The van der Waals surface area contributed by atoms with E-state index in [1.807, 2.05) is 0 Å². The quantitative estimate of drug-likeness (QED) is 0.314. The lowest BCUT2D eigenvalue weighted by molar-refractivity contribution is -0.239. The van der Waals surface area contributed by atoms with E-state index in [-0.39, 0.29) is 0 Å². The van der Waals surface area contributed by atoms with Gasteiger partial charge in [-0.05, 0) is 0 Å². The molecule has 0 aliphatic carbocycles. The normalized spacial score (nSPS) is 45.1. The Morgan fingerprint density at radius 3 is 2.23 bits per heavy atom. The van der Waals surface area contributed by atoms with Crippen LogP contribution in [0.4, 0.5) is 0 Å². The molecule has 13 heavy (non-hydrogen) atoms. The van der Waals surface area contributed by atoms with Gasteiger partial charge in [0.25, 0.3) is 5.79 Å². The molecule has 0 amide bonds. The van der Waals surface area contributed by atoms with E-state index in [9.17, 15) is 4.79 Å². The fourth-order valence-electron chi connectivity index (χ4n) is 1.13. The summed E-state index contributed by atoms with van der Waals surface area (Å²) in [6, 6.07) is 0. The van der Waals surface area contributed by atoms with Crippen LogP contribution in [0.25, 0.3) is 0 Å². The predicted molar refractivity (Wildman–Crippen MR) is 36.6 cm³/mol. The minimum absolute atomic E-state index is 0.687. The van der Waals surface area contributed by atoms with Crippen molar-refractivity contribution in [3.63, 3.8) is 0 Å². The molecular formula is C6H10O7. The minimum atomic E-state index is -2.84. The largest absolute Gasteiger partial charge is 0.477 e. The Morgan fingerprint density at radius 2 is 2.00 bits per heavy atom. The fraction of sp³-hybridized carbons (Fsp3) is 0.833. The van der Waals surface area contributed by atoms with Crippen LogP contribution in [0.2, 0.25) is 0 Å². The fourth-order valence-corrected chi connectivity index (χ4v) is 1.13. The van der Waals surface area contributed by atoms with Crippen molar-refractivity contribution < 1.29 is 35.1 Å². The zero-order chi connectivity index (χ0) is 10.2. The van der Waals surface area contributed by atoms with E-state index in [4.69, 9.17) is 25.5 Å². The summed E-state index contributed by atoms with van der Waals surface area (Å²) in [5.41, 5.74) is 0. The first-order valence-electron chi connectivity index (χ1n) is 3.54. The maximum Gasteiger partial charge on any atom is 0.367 e. The molecule has 0 spiro atoms. The second-order valence-electron chi connectivity index (χ2n) is 2.78. The molecule has 76 valence electrons. The maximum absolute atomic E-state index is 10.4. The zero-order valence-corrected chi connectivity index (χ0v) is 6.49. The highest BCUT2D eigenvalue weighted by Crippen LogP contribution is 2.29. The summed E-state index contributed by atoms with van der Waals surface area (Å²) in [4.78, 5) is 10.4. The van der Waals surface area contributed by atoms with Gasteiger partial charge in [-0.25, -0.2) is 4.79 Å². The number of carbonyl (C=O) groups is 1. The number of aliphatic carboxylic acids is 1. The molecule has 0 bridgehead atoms. The van der Waals surface area contributed by atoms with E-state index in [0.717, 1.165) is 0 Å². The van der Waals surface area contributed by atoms with Crippen LogP contribution in [-0.2, 0) is 9.53 Å². The SMILES string of the molecule is O=C(O)C1(O)O[C@@H](CO)[C@@H](O)[C@@H]1O. The summed E-state index contributed by atoms with van der Waals surface area (Å²) in [5, 5.41) is 44.3. The first-order valence-corrected chi connectivity index (χ1v) is 3.54. The average Bonchev–Trinajstić information content (AvgIpc) is 2.31. The van der Waals surface area contributed by atoms with Crippen molar-refractivity contribution in [2.45, 2.75) is 24.1 Å². The van der Waals surface area contributed by atoms with Crippen LogP contribution in [0.15, 0.2) is 0 Å². The van der Waals surface area contributed by atoms with Gasteiger partial charge in [0.05, 0.1) is 6.61 Å². The Balaban J connectivity index is 2.87. The molecule has 1 saturated heterocycles. The molecule has 1 heterocycles. The van der Waals surface area contributed by atoms with E-state index < -0.39 is 36.7 Å². The van der Waals surface area contributed by atoms with Crippen LogP contribution >= 0.6 is 0 Å². The van der Waals surface area contributed by atoms with Crippen LogP contribution in [0, 0.1) is 0 Å². The molecule has 4 atom stereocenters. The van der Waals surface area contributed by atoms with Gasteiger partial charge in [0.1, 0.15) is 18.3 Å². The number of aliphatic hydroxyl groups excluding tert-OH is 3. The number of aliphatic hydroxyl groups is 4. The number of hydrogen-bond acceptors (Lipinski definition) is 6. The smallest absolute Gasteiger partial charge is 0.367 e. The molecule has 1 unspecified atom stereocenters. The van der Waals surface area contributed by atoms with Crippen LogP contribution in [0.5, 0.6) is 0 Å². The molecule has 1 rings (SSSR count). The highest BCUT2D eigenvalue weighted by Gasteiger charge is 2.58. The summed E-state index contributed by atoms with van der Waals surface area (Å²) in [6.07, 6.45) is -4.88. The first-order chi connectivity index (χ1) is 5.93. The lowest BCUT2D eigenvalue weighted by Crippen LogP contribution is -2.49. The summed E-state index contributed by atoms with van der Waals surface area (Å²) in [5.74, 6) is -4.65. The molecule has 0 aromatic heterocycles. The van der Waals surface area contributed by atoms with Crippen LogP contribution in [-0.4, -0.2) is 62.2 Å². The van der Waals surface area contributed by atoms with Gasteiger partial charge >= 0.3 is 5.97 Å². The van der Waals surface area contributed by atoms with Crippen molar-refractivity contribution in [2.24, 2.45) is 0 Å². The lowest BCUT2D eigenvalue weighted by atomic mass is 10.1. The van der Waals surface area contributed by atoms with Crippen molar-refractivity contribution in [1.82, 2.24) is 0 Å². The highest BCUT2D eigenvalue weighted by molar-refractivity contribution is 5.76. The molecule has 0 aromatic rings. The second-order valence-corrected chi connectivity index (χ2v) is 2.78. The molecule has 1 aliphatic rings. The monoisotopic (exact) mass is 194 g/mol. The molecule has 7 heteroatoms. The van der Waals surface area contributed by atoms with Gasteiger partial charge in [0, 0.05) is 0 Å². The number of carboxylic acid groups (broad SMARTS) is 1. The zero-order valence-electron chi connectivity index (χ0n) is 6.49. The van der Waals surface area contributed by atoms with Gasteiger partial charge in [-0.15, -0.1) is 0 Å². The van der Waals surface area contributed by atoms with E-state index in [0.29, 0.717) is 0 Å². The van der Waals surface area contributed by atoms with Crippen molar-refractivity contribution in [3.05, 3.63) is 0 Å². The number of ether oxygens (including phenoxy) is 1. The molecular weight excluding hydrogens is 184 g/mol. The topological polar surface area (TPSA) is 127 Å². The van der Waals surface area contributed by atoms with Crippen molar-refractivity contribution in [2.75, 3.05) is 6.61 Å². The molecule has 0 aromatic carbocycles. The summed E-state index contributed by atoms with van der Waals surface area (Å²) in [6.45, 7) is -0.687. The minimum Gasteiger partial charge on any atom is -0.477 e. The van der Waals surface area contributed by atoms with E-state index in [2.05, 4.69) is 4.74 Å². The van der Waals surface area contributed by atoms with Gasteiger partial charge in [-0.3, -0.25) is 0 Å². The molecule has 7 nitrogen and oxygen atoms in total. The standard InChI is InChI=1S/C6H10O7/c7-1-2-3(8)4(9)6(12,13-2)5(10)11/h2-4,7-9,12H,1H2,(H,10,11)/t2-,3+,4-,6?/m0/s1. The molecule has 5 N–H and O–H groups in total. The maximum atomic E-state index is 10.4. The lowest BCUT2D eigenvalue weighted by Gasteiger charge is -2.19. The first kappa shape index (κ1) is 10.4. The van der Waals surface area contributed by atoms with Crippen LogP contribution < -0.4 is 0 Å². The Labute approximate surface area is 72.8 Å². The van der Waals surface area contributed by atoms with Crippen molar-refractivity contribution >= 4 is 5.97 Å². The van der Waals surface area contributed by atoms with Crippen molar-refractivity contribution in [3.8, 4) is 0 Å². The second kappa shape index (κ2) is 3.20. The van der Waals surface area contributed by atoms with Gasteiger partial charge in [0.15, 0.2) is 0 Å². The Morgan fingerprint density at radius 1 is 1.46 bits per heavy atom. The average molecular weight is 194 g/mol. The van der Waals surface area contributed by atoms with Gasteiger partial charge < -0.3 is 30.3 Å². The van der Waals surface area contributed by atoms with Crippen molar-refractivity contribution in [1.29, 1.82) is 0 Å². The van der Waals surface area contributed by atoms with E-state index in [1.165, 1.54) is 0 Å². The number of rotatable bonds is 2. The van der Waals surface area contributed by atoms with Gasteiger partial charge in [0.2, 0.25) is 0 Å². The predicted octanol–water partition coefficient (Wildman–Crippen LogP) is -3.13. The third-order valence-electron chi connectivity index (χ3n) is 1.92. The summed E-state index contributed by atoms with van der Waals surface area (Å²) in [7, 11) is 0. The third kappa shape index (κ3) is 1.40. The molecule has 0 radical (unpaired) electrons. The molecule has 1 fully saturated rings. The van der Waals surface area contributed by atoms with Gasteiger partial charge in [-0.1, -0.05) is 0 Å². The van der Waals surface area contributed by atoms with Crippen LogP contribution in [0.3, 0.4) is 0 Å². The van der Waals surface area contributed by atoms with Crippen LogP contribution in [0.1, 0.15) is 0 Å². The van der Waals surface area contributed by atoms with E-state index >= 15 is 0 Å². The summed E-state index contributed by atoms with van der Waals surface area (Å²) >= 11 is 0. The van der Waals surface area contributed by atoms with Gasteiger partial charge in [-0.2, -0.15) is 0 Å². The van der Waals surface area contributed by atoms with E-state index in [1.54, 1.807) is 0 Å². The Hall–Kier alpha value is -0.730. The number of carboxylic acids is 1. The third-order valence-corrected chi connectivity index (χ3v) is 1.92. The summed E-state index contributed by atoms with van der Waals surface area (Å²) < 4.78 is 4.39. The Bertz CT molecular complexity index is 217. The highest BCUT2D eigenvalue weighted by atomic mass is 16.7. The number of hydrogen-bond donors (Lipinski definition) is 5. The molecule has 1 aliphatic heterocycles.